The minimum Gasteiger partial charge on any atom is -0.456 e. The molecular formula is C16H16N6O3. The minimum atomic E-state index is -0.542. The number of ether oxygens (including phenoxy) is 1. The summed E-state index contributed by atoms with van der Waals surface area (Å²) in [6, 6.07) is 10.8. The van der Waals surface area contributed by atoms with Crippen LogP contribution in [0.5, 0.6) is 0 Å². The average molecular weight is 340 g/mol. The molecule has 0 spiro atoms. The maximum Gasteiger partial charge on any atom is 0.356 e. The van der Waals surface area contributed by atoms with Crippen LogP contribution in [0.15, 0.2) is 42.6 Å². The number of H-pyrrole nitrogens is 2. The summed E-state index contributed by atoms with van der Waals surface area (Å²) in [5.41, 5.74) is 1.75. The molecule has 9 heteroatoms. The second kappa shape index (κ2) is 7.86. The first kappa shape index (κ1) is 16.4. The van der Waals surface area contributed by atoms with Crippen molar-refractivity contribution in [2.24, 2.45) is 0 Å². The molecule has 3 rings (SSSR count). The molecule has 2 heterocycles. The molecule has 0 saturated heterocycles. The standard InChI is InChI=1S/C16H16N6O3/c23-15(7-6-12-9-17-22-19-12)18-14-8-13(20-21-14)16(24)25-10-11-4-2-1-3-5-11/h1-5,8-9H,6-7,10H2,(H,17,19,22)(H2,18,20,21,23). The molecule has 3 N–H and O–H groups in total. The van der Waals surface area contributed by atoms with Gasteiger partial charge in [0.05, 0.1) is 11.9 Å². The van der Waals surface area contributed by atoms with Crippen LogP contribution in [0.25, 0.3) is 0 Å². The van der Waals surface area contributed by atoms with Crippen molar-refractivity contribution in [2.75, 3.05) is 5.32 Å². The molecule has 0 atom stereocenters. The first-order valence-electron chi connectivity index (χ1n) is 7.61. The zero-order chi connectivity index (χ0) is 17.5. The quantitative estimate of drug-likeness (QED) is 0.559. The number of esters is 1. The van der Waals surface area contributed by atoms with Gasteiger partial charge in [-0.1, -0.05) is 30.3 Å². The van der Waals surface area contributed by atoms with E-state index in [0.29, 0.717) is 12.1 Å². The highest BCUT2D eigenvalue weighted by Crippen LogP contribution is 2.09. The molecule has 0 bridgehead atoms. The number of carbonyl (C=O) groups is 2. The van der Waals surface area contributed by atoms with Crippen molar-refractivity contribution in [1.29, 1.82) is 0 Å². The number of amides is 1. The Morgan fingerprint density at radius 3 is 2.76 bits per heavy atom. The summed E-state index contributed by atoms with van der Waals surface area (Å²) in [6.07, 6.45) is 2.24. The molecule has 0 aliphatic rings. The van der Waals surface area contributed by atoms with Gasteiger partial charge in [0.2, 0.25) is 5.91 Å². The number of benzene rings is 1. The van der Waals surface area contributed by atoms with Gasteiger partial charge in [0, 0.05) is 18.9 Å². The van der Waals surface area contributed by atoms with Crippen molar-refractivity contribution in [2.45, 2.75) is 19.4 Å². The number of nitrogens with one attached hydrogen (secondary N) is 3. The van der Waals surface area contributed by atoms with Crippen LogP contribution in [-0.2, 0) is 22.6 Å². The van der Waals surface area contributed by atoms with Gasteiger partial charge in [-0.2, -0.15) is 20.5 Å². The largest absolute Gasteiger partial charge is 0.456 e. The number of nitrogens with zero attached hydrogens (tertiary/aromatic N) is 3. The fourth-order valence-corrected chi connectivity index (χ4v) is 2.08. The van der Waals surface area contributed by atoms with Gasteiger partial charge in [-0.15, -0.1) is 0 Å². The highest BCUT2D eigenvalue weighted by molar-refractivity contribution is 5.92. The summed E-state index contributed by atoms with van der Waals surface area (Å²) < 4.78 is 5.19. The normalized spacial score (nSPS) is 10.4. The van der Waals surface area contributed by atoms with Crippen LogP contribution in [0.2, 0.25) is 0 Å². The molecule has 0 unspecified atom stereocenters. The monoisotopic (exact) mass is 340 g/mol. The number of hydrogen-bond acceptors (Lipinski definition) is 6. The molecule has 3 aromatic rings. The fraction of sp³-hybridized carbons (Fsp3) is 0.188. The highest BCUT2D eigenvalue weighted by atomic mass is 16.5. The fourth-order valence-electron chi connectivity index (χ4n) is 2.08. The van der Waals surface area contributed by atoms with Gasteiger partial charge in [0.15, 0.2) is 5.82 Å². The lowest BCUT2D eigenvalue weighted by atomic mass is 10.2. The molecule has 0 fully saturated rings. The molecular weight excluding hydrogens is 324 g/mol. The number of aromatic amines is 2. The number of anilines is 1. The summed E-state index contributed by atoms with van der Waals surface area (Å²) in [4.78, 5) is 23.8. The lowest BCUT2D eigenvalue weighted by Crippen LogP contribution is -2.12. The van der Waals surface area contributed by atoms with E-state index in [0.717, 1.165) is 5.56 Å². The second-order valence-corrected chi connectivity index (χ2v) is 5.24. The Bertz CT molecular complexity index is 829. The van der Waals surface area contributed by atoms with E-state index < -0.39 is 5.97 Å². The van der Waals surface area contributed by atoms with Crippen molar-refractivity contribution in [3.05, 3.63) is 59.5 Å². The van der Waals surface area contributed by atoms with Crippen LogP contribution in [-0.4, -0.2) is 37.5 Å². The molecule has 9 nitrogen and oxygen atoms in total. The molecule has 25 heavy (non-hydrogen) atoms. The van der Waals surface area contributed by atoms with E-state index in [-0.39, 0.29) is 30.4 Å². The van der Waals surface area contributed by atoms with Crippen LogP contribution >= 0.6 is 0 Å². The lowest BCUT2D eigenvalue weighted by Gasteiger charge is -2.02. The van der Waals surface area contributed by atoms with Crippen molar-refractivity contribution in [3.8, 4) is 0 Å². The number of rotatable bonds is 7. The minimum absolute atomic E-state index is 0.165. The van der Waals surface area contributed by atoms with Gasteiger partial charge in [-0.3, -0.25) is 9.89 Å². The van der Waals surface area contributed by atoms with Gasteiger partial charge in [-0.25, -0.2) is 4.79 Å². The molecule has 1 amide bonds. The molecule has 1 aromatic carbocycles. The highest BCUT2D eigenvalue weighted by Gasteiger charge is 2.13. The van der Waals surface area contributed by atoms with Crippen LogP contribution in [0, 0.1) is 0 Å². The summed E-state index contributed by atoms with van der Waals surface area (Å²) >= 11 is 0. The molecule has 2 aromatic heterocycles. The Labute approximate surface area is 142 Å². The van der Waals surface area contributed by atoms with E-state index in [9.17, 15) is 9.59 Å². The van der Waals surface area contributed by atoms with E-state index in [1.54, 1.807) is 6.20 Å². The molecule has 0 saturated carbocycles. The van der Waals surface area contributed by atoms with E-state index in [1.807, 2.05) is 30.3 Å². The van der Waals surface area contributed by atoms with Crippen molar-refractivity contribution in [3.63, 3.8) is 0 Å². The van der Waals surface area contributed by atoms with Crippen molar-refractivity contribution >= 4 is 17.7 Å². The van der Waals surface area contributed by atoms with Crippen molar-refractivity contribution in [1.82, 2.24) is 25.6 Å². The molecule has 0 radical (unpaired) electrons. The zero-order valence-electron chi connectivity index (χ0n) is 13.2. The summed E-state index contributed by atoms with van der Waals surface area (Å²) in [6.45, 7) is 0.165. The Kier molecular flexibility index (Phi) is 5.15. The zero-order valence-corrected chi connectivity index (χ0v) is 13.2. The Morgan fingerprint density at radius 2 is 2.00 bits per heavy atom. The smallest absolute Gasteiger partial charge is 0.356 e. The van der Waals surface area contributed by atoms with Gasteiger partial charge in [0.1, 0.15) is 12.3 Å². The predicted molar refractivity (Wildman–Crippen MR) is 87.5 cm³/mol. The SMILES string of the molecule is O=C(CCc1cn[nH]n1)Nc1cc(C(=O)OCc2ccccc2)[nH]n1. The van der Waals surface area contributed by atoms with Gasteiger partial charge >= 0.3 is 5.97 Å². The number of aromatic nitrogens is 5. The van der Waals surface area contributed by atoms with Crippen LogP contribution in [0.4, 0.5) is 5.82 Å². The second-order valence-electron chi connectivity index (χ2n) is 5.24. The predicted octanol–water partition coefficient (Wildman–Crippen LogP) is 1.46. The van der Waals surface area contributed by atoms with Gasteiger partial charge in [-0.05, 0) is 5.56 Å². The van der Waals surface area contributed by atoms with E-state index in [4.69, 9.17) is 4.74 Å². The third-order valence-electron chi connectivity index (χ3n) is 3.35. The van der Waals surface area contributed by atoms with E-state index >= 15 is 0 Å². The van der Waals surface area contributed by atoms with E-state index in [2.05, 4.69) is 30.9 Å². The third-order valence-corrected chi connectivity index (χ3v) is 3.35. The summed E-state index contributed by atoms with van der Waals surface area (Å²) in [7, 11) is 0. The lowest BCUT2D eigenvalue weighted by molar-refractivity contribution is -0.116. The van der Waals surface area contributed by atoms with Gasteiger partial charge < -0.3 is 10.1 Å². The maximum absolute atomic E-state index is 12.0. The third kappa shape index (κ3) is 4.74. The Morgan fingerprint density at radius 1 is 1.16 bits per heavy atom. The molecule has 128 valence electrons. The van der Waals surface area contributed by atoms with E-state index in [1.165, 1.54) is 6.07 Å². The van der Waals surface area contributed by atoms with Crippen LogP contribution in [0.3, 0.4) is 0 Å². The average Bonchev–Trinajstić information content (AvgIpc) is 3.31. The Hall–Kier alpha value is -3.49. The number of aryl methyl sites for hydroxylation is 1. The Balaban J connectivity index is 1.47. The molecule has 0 aliphatic carbocycles. The van der Waals surface area contributed by atoms with Crippen LogP contribution < -0.4 is 5.32 Å². The molecule has 0 aliphatic heterocycles. The number of hydrogen-bond donors (Lipinski definition) is 3. The summed E-state index contributed by atoms with van der Waals surface area (Å²) in [5, 5.41) is 19.1. The first-order chi connectivity index (χ1) is 12.2. The summed E-state index contributed by atoms with van der Waals surface area (Å²) in [5.74, 6) is -0.519. The topological polar surface area (TPSA) is 126 Å². The van der Waals surface area contributed by atoms with Gasteiger partial charge in [0.25, 0.3) is 0 Å². The first-order valence-corrected chi connectivity index (χ1v) is 7.61. The van der Waals surface area contributed by atoms with Crippen LogP contribution in [0.1, 0.15) is 28.2 Å². The maximum atomic E-state index is 12.0. The number of carbonyl (C=O) groups excluding carboxylic acids is 2. The van der Waals surface area contributed by atoms with Crippen molar-refractivity contribution < 1.29 is 14.3 Å².